The Bertz CT molecular complexity index is 352. The van der Waals surface area contributed by atoms with Crippen LogP contribution in [0.4, 0.5) is 0 Å². The van der Waals surface area contributed by atoms with Gasteiger partial charge in [0.25, 0.3) is 0 Å². The van der Waals surface area contributed by atoms with Crippen LogP contribution in [0.1, 0.15) is 30.9 Å². The van der Waals surface area contributed by atoms with Crippen LogP contribution in [-0.2, 0) is 6.42 Å². The quantitative estimate of drug-likeness (QED) is 0.775. The maximum atomic E-state index is 5.42. The number of ether oxygens (including phenoxy) is 1. The van der Waals surface area contributed by atoms with Gasteiger partial charge in [0.2, 0.25) is 0 Å². The Morgan fingerprint density at radius 3 is 2.71 bits per heavy atom. The first-order valence-electron chi connectivity index (χ1n) is 6.22. The molecule has 1 aromatic rings. The lowest BCUT2D eigenvalue weighted by Crippen LogP contribution is -2.13. The van der Waals surface area contributed by atoms with Crippen LogP contribution in [0.2, 0.25) is 0 Å². The zero-order valence-electron chi connectivity index (χ0n) is 11.0. The summed E-state index contributed by atoms with van der Waals surface area (Å²) in [5.41, 5.74) is 2.51. The summed E-state index contributed by atoms with van der Waals surface area (Å²) in [6.07, 6.45) is 3.48. The third kappa shape index (κ3) is 4.68. The number of rotatable bonds is 7. The maximum Gasteiger partial charge on any atom is 0.122 e. The molecule has 1 N–H and O–H groups in total. The zero-order valence-corrected chi connectivity index (χ0v) is 12.6. The van der Waals surface area contributed by atoms with Gasteiger partial charge in [0.05, 0.1) is 7.11 Å². The van der Waals surface area contributed by atoms with E-state index in [1.54, 1.807) is 7.11 Å². The van der Waals surface area contributed by atoms with Crippen molar-refractivity contribution in [1.29, 1.82) is 0 Å². The maximum absolute atomic E-state index is 5.42. The second kappa shape index (κ2) is 7.72. The van der Waals surface area contributed by atoms with E-state index in [1.807, 2.05) is 0 Å². The molecule has 0 fully saturated rings. The highest BCUT2D eigenvalue weighted by molar-refractivity contribution is 9.10. The molecule has 0 amide bonds. The third-order valence-corrected chi connectivity index (χ3v) is 3.72. The number of methoxy groups -OCH3 is 1. The van der Waals surface area contributed by atoms with Crippen LogP contribution in [0, 0.1) is 6.92 Å². The summed E-state index contributed by atoms with van der Waals surface area (Å²) in [7, 11) is 1.74. The smallest absolute Gasteiger partial charge is 0.122 e. The minimum absolute atomic E-state index is 1.01. The lowest BCUT2D eigenvalue weighted by Gasteiger charge is -2.11. The minimum Gasteiger partial charge on any atom is -0.496 e. The van der Waals surface area contributed by atoms with Gasteiger partial charge in [-0.1, -0.05) is 22.9 Å². The fraction of sp³-hybridized carbons (Fsp3) is 0.571. The van der Waals surface area contributed by atoms with Gasteiger partial charge in [0.15, 0.2) is 0 Å². The molecule has 1 rings (SSSR count). The molecule has 0 unspecified atom stereocenters. The molecule has 0 saturated carbocycles. The monoisotopic (exact) mass is 299 g/mol. The van der Waals surface area contributed by atoms with E-state index >= 15 is 0 Å². The fourth-order valence-electron chi connectivity index (χ4n) is 1.82. The van der Waals surface area contributed by atoms with Gasteiger partial charge in [-0.15, -0.1) is 0 Å². The highest BCUT2D eigenvalue weighted by Crippen LogP contribution is 2.27. The number of nitrogens with one attached hydrogen (secondary N) is 1. The van der Waals surface area contributed by atoms with Gasteiger partial charge in [-0.2, -0.15) is 0 Å². The Kier molecular flexibility index (Phi) is 6.60. The normalized spacial score (nSPS) is 10.6. The summed E-state index contributed by atoms with van der Waals surface area (Å²) in [6, 6.07) is 4.28. The first-order chi connectivity index (χ1) is 8.19. The molecule has 3 heteroatoms. The number of aryl methyl sites for hydroxylation is 2. The largest absolute Gasteiger partial charge is 0.496 e. The average molecular weight is 300 g/mol. The molecule has 1 aromatic carbocycles. The zero-order chi connectivity index (χ0) is 12.7. The highest BCUT2D eigenvalue weighted by Gasteiger charge is 2.06. The number of hydrogen-bond donors (Lipinski definition) is 1. The van der Waals surface area contributed by atoms with Crippen molar-refractivity contribution in [2.24, 2.45) is 0 Å². The lowest BCUT2D eigenvalue weighted by molar-refractivity contribution is 0.408. The van der Waals surface area contributed by atoms with Gasteiger partial charge >= 0.3 is 0 Å². The molecular weight excluding hydrogens is 278 g/mol. The van der Waals surface area contributed by atoms with E-state index in [9.17, 15) is 0 Å². The van der Waals surface area contributed by atoms with Crippen molar-refractivity contribution in [2.75, 3.05) is 20.2 Å². The molecule has 96 valence electrons. The Morgan fingerprint density at radius 1 is 1.29 bits per heavy atom. The molecule has 0 atom stereocenters. The Hall–Kier alpha value is -0.540. The van der Waals surface area contributed by atoms with Crippen LogP contribution in [-0.4, -0.2) is 20.2 Å². The lowest BCUT2D eigenvalue weighted by atomic mass is 10.0. The molecule has 0 saturated heterocycles. The number of hydrogen-bond acceptors (Lipinski definition) is 2. The number of halogens is 1. The summed E-state index contributed by atoms with van der Waals surface area (Å²) in [6.45, 7) is 6.38. The van der Waals surface area contributed by atoms with Gasteiger partial charge in [0.1, 0.15) is 5.75 Å². The Balaban J connectivity index is 2.54. The second-order valence-corrected chi connectivity index (χ2v) is 5.08. The molecule has 0 spiro atoms. The molecule has 0 aliphatic carbocycles. The standard InChI is InChI=1S/C14H22BrNO/c1-4-16-8-6-5-7-12-10-13(15)11(2)9-14(12)17-3/h9-10,16H,4-8H2,1-3H3. The SMILES string of the molecule is CCNCCCCc1cc(Br)c(C)cc1OC. The van der Waals surface area contributed by atoms with Crippen molar-refractivity contribution in [1.82, 2.24) is 5.32 Å². The first kappa shape index (κ1) is 14.5. The molecule has 2 nitrogen and oxygen atoms in total. The van der Waals surface area contributed by atoms with E-state index in [-0.39, 0.29) is 0 Å². The van der Waals surface area contributed by atoms with Crippen molar-refractivity contribution in [3.63, 3.8) is 0 Å². The van der Waals surface area contributed by atoms with Crippen molar-refractivity contribution in [2.45, 2.75) is 33.1 Å². The van der Waals surface area contributed by atoms with Crippen molar-refractivity contribution < 1.29 is 4.74 Å². The average Bonchev–Trinajstić information content (AvgIpc) is 2.33. The number of unbranched alkanes of at least 4 members (excludes halogenated alkanes) is 1. The molecule has 17 heavy (non-hydrogen) atoms. The minimum atomic E-state index is 1.01. The molecule has 0 aromatic heterocycles. The molecular formula is C14H22BrNO. The Labute approximate surface area is 113 Å². The second-order valence-electron chi connectivity index (χ2n) is 4.22. The van der Waals surface area contributed by atoms with Gasteiger partial charge in [-0.3, -0.25) is 0 Å². The van der Waals surface area contributed by atoms with Crippen LogP contribution in [0.25, 0.3) is 0 Å². The van der Waals surface area contributed by atoms with Crippen molar-refractivity contribution in [3.05, 3.63) is 27.7 Å². The van der Waals surface area contributed by atoms with Crippen LogP contribution < -0.4 is 10.1 Å². The van der Waals surface area contributed by atoms with E-state index in [0.29, 0.717) is 0 Å². The van der Waals surface area contributed by atoms with E-state index in [2.05, 4.69) is 47.2 Å². The van der Waals surface area contributed by atoms with Crippen LogP contribution in [0.5, 0.6) is 5.75 Å². The van der Waals surface area contributed by atoms with E-state index in [1.165, 1.54) is 28.4 Å². The summed E-state index contributed by atoms with van der Waals surface area (Å²) >= 11 is 3.58. The highest BCUT2D eigenvalue weighted by atomic mass is 79.9. The summed E-state index contributed by atoms with van der Waals surface area (Å²) in [5, 5.41) is 3.34. The van der Waals surface area contributed by atoms with Gasteiger partial charge < -0.3 is 10.1 Å². The molecule has 0 bridgehead atoms. The van der Waals surface area contributed by atoms with E-state index < -0.39 is 0 Å². The Morgan fingerprint density at radius 2 is 2.06 bits per heavy atom. The van der Waals surface area contributed by atoms with Crippen LogP contribution in [0.15, 0.2) is 16.6 Å². The van der Waals surface area contributed by atoms with Crippen LogP contribution in [0.3, 0.4) is 0 Å². The van der Waals surface area contributed by atoms with E-state index in [4.69, 9.17) is 4.74 Å². The summed E-state index contributed by atoms with van der Waals surface area (Å²) in [4.78, 5) is 0. The van der Waals surface area contributed by atoms with Crippen molar-refractivity contribution in [3.8, 4) is 5.75 Å². The topological polar surface area (TPSA) is 21.3 Å². The van der Waals surface area contributed by atoms with Gasteiger partial charge in [-0.25, -0.2) is 0 Å². The van der Waals surface area contributed by atoms with E-state index in [0.717, 1.165) is 25.3 Å². The molecule has 0 aliphatic heterocycles. The van der Waals surface area contributed by atoms with Crippen molar-refractivity contribution >= 4 is 15.9 Å². The fourth-order valence-corrected chi connectivity index (χ4v) is 2.21. The summed E-state index contributed by atoms with van der Waals surface area (Å²) < 4.78 is 6.59. The predicted molar refractivity (Wildman–Crippen MR) is 76.9 cm³/mol. The molecule has 0 aliphatic rings. The first-order valence-corrected chi connectivity index (χ1v) is 7.02. The van der Waals surface area contributed by atoms with Gasteiger partial charge in [-0.05, 0) is 62.5 Å². The molecule has 0 radical (unpaired) electrons. The predicted octanol–water partition coefficient (Wildman–Crippen LogP) is 3.70. The van der Waals surface area contributed by atoms with Gasteiger partial charge in [0, 0.05) is 4.47 Å². The molecule has 0 heterocycles. The number of benzene rings is 1. The van der Waals surface area contributed by atoms with Crippen LogP contribution >= 0.6 is 15.9 Å². The third-order valence-electron chi connectivity index (χ3n) is 2.86. The summed E-state index contributed by atoms with van der Waals surface area (Å²) in [5.74, 6) is 1.01.